The maximum absolute atomic E-state index is 11.3. The molecule has 4 aliphatic carbocycles. The first-order valence-electron chi connectivity index (χ1n) is 14.6. The monoisotopic (exact) mass is 632 g/mol. The van der Waals surface area contributed by atoms with Crippen LogP contribution in [0.2, 0.25) is 0 Å². The summed E-state index contributed by atoms with van der Waals surface area (Å²) < 4.78 is 0. The summed E-state index contributed by atoms with van der Waals surface area (Å²) in [6.07, 6.45) is -0.337. The Balaban J connectivity index is 1.68. The lowest BCUT2D eigenvalue weighted by Gasteiger charge is -2.71. The largest absolute Gasteiger partial charge is 0.508 e. The van der Waals surface area contributed by atoms with Crippen LogP contribution in [0.25, 0.3) is 0 Å². The lowest BCUT2D eigenvalue weighted by molar-refractivity contribution is -0.0741. The number of hydrogen-bond donors (Lipinski definition) is 12. The van der Waals surface area contributed by atoms with Crippen LogP contribution in [-0.4, -0.2) is 61.3 Å². The quantitative estimate of drug-likeness (QED) is 0.109. The summed E-state index contributed by atoms with van der Waals surface area (Å²) in [6, 6.07) is 9.03. The van der Waals surface area contributed by atoms with Crippen molar-refractivity contribution in [3.63, 3.8) is 0 Å². The highest BCUT2D eigenvalue weighted by Crippen LogP contribution is 2.79. The van der Waals surface area contributed by atoms with E-state index in [1.807, 2.05) is 0 Å². The lowest BCUT2D eigenvalue weighted by Crippen LogP contribution is -2.67. The summed E-state index contributed by atoms with van der Waals surface area (Å²) in [6.45, 7) is 0. The molecule has 0 unspecified atom stereocenters. The van der Waals surface area contributed by atoms with E-state index >= 15 is 0 Å². The average Bonchev–Trinajstić information content (AvgIpc) is 2.96. The topological polar surface area (TPSA) is 243 Å². The van der Waals surface area contributed by atoms with Crippen molar-refractivity contribution in [1.29, 1.82) is 0 Å². The van der Waals surface area contributed by atoms with Gasteiger partial charge in [-0.3, -0.25) is 0 Å². The summed E-state index contributed by atoms with van der Waals surface area (Å²) in [5.41, 5.74) is -6.43. The molecule has 0 aliphatic heterocycles. The number of rotatable bonds is 4. The number of phenols is 12. The second kappa shape index (κ2) is 9.03. The van der Waals surface area contributed by atoms with Gasteiger partial charge in [0.25, 0.3) is 0 Å². The number of phenolic OH excluding ortho intramolecular Hbond substituents is 12. The molecule has 0 aromatic heterocycles. The highest BCUT2D eigenvalue weighted by molar-refractivity contribution is 5.67. The summed E-state index contributed by atoms with van der Waals surface area (Å²) >= 11 is 0. The van der Waals surface area contributed by atoms with E-state index in [1.54, 1.807) is 0 Å². The Morgan fingerprint density at radius 3 is 0.587 bits per heavy atom. The third-order valence-corrected chi connectivity index (χ3v) is 10.7. The molecule has 4 aliphatic rings. The first-order chi connectivity index (χ1) is 21.6. The summed E-state index contributed by atoms with van der Waals surface area (Å²) in [7, 11) is 0. The first-order valence-corrected chi connectivity index (χ1v) is 14.6. The SMILES string of the molecule is Oc1ccc(O)c(C23CC4(c5c(O)ccc(O)c5O)CC(c5c(O)ccc(O)c5O)(C2)CC(c2c(O)ccc(O)c2O)(C3)C4)c1O. The van der Waals surface area contributed by atoms with Crippen molar-refractivity contribution in [3.8, 4) is 69.0 Å². The average molecular weight is 633 g/mol. The van der Waals surface area contributed by atoms with E-state index in [2.05, 4.69) is 0 Å². The predicted molar refractivity (Wildman–Crippen MR) is 160 cm³/mol. The Bertz CT molecular complexity index is 1650. The van der Waals surface area contributed by atoms with E-state index in [0.29, 0.717) is 0 Å². The first kappa shape index (κ1) is 29.2. The smallest absolute Gasteiger partial charge is 0.164 e. The van der Waals surface area contributed by atoms with Crippen molar-refractivity contribution in [2.45, 2.75) is 60.2 Å². The molecule has 12 nitrogen and oxygen atoms in total. The molecule has 4 fully saturated rings. The lowest BCUT2D eigenvalue weighted by atomic mass is 9.31. The van der Waals surface area contributed by atoms with Crippen LogP contribution in [0, 0.1) is 0 Å². The standard InChI is InChI=1S/C34H32O12/c35-15-1-5-19(39)27(43)23(15)31-9-32(24-16(36)2-6-20(40)28(24)44)12-33(10-31,25-17(37)3-7-21(41)29(25)45)14-34(11-31,13-32)26-18(38)4-8-22(42)30(26)46/h1-8,35-46H,9-14H2. The van der Waals surface area contributed by atoms with E-state index in [-0.39, 0.29) is 60.8 Å². The fourth-order valence-electron chi connectivity index (χ4n) is 10.1. The minimum absolute atomic E-state index is 0.0562. The molecule has 0 spiro atoms. The molecule has 12 heteroatoms. The zero-order chi connectivity index (χ0) is 33.1. The molecule has 0 amide bonds. The molecule has 8 rings (SSSR count). The van der Waals surface area contributed by atoms with Gasteiger partial charge in [0.2, 0.25) is 0 Å². The van der Waals surface area contributed by atoms with Crippen LogP contribution in [-0.2, 0) is 21.7 Å². The maximum Gasteiger partial charge on any atom is 0.164 e. The highest BCUT2D eigenvalue weighted by Gasteiger charge is 2.72. The number of hydrogen-bond acceptors (Lipinski definition) is 12. The van der Waals surface area contributed by atoms with Gasteiger partial charge in [0.15, 0.2) is 46.0 Å². The summed E-state index contributed by atoms with van der Waals surface area (Å²) in [4.78, 5) is 0. The van der Waals surface area contributed by atoms with E-state index in [1.165, 1.54) is 24.3 Å². The molecule has 4 bridgehead atoms. The fourth-order valence-corrected chi connectivity index (χ4v) is 10.1. The second-order valence-electron chi connectivity index (χ2n) is 13.5. The minimum atomic E-state index is -1.47. The van der Waals surface area contributed by atoms with Gasteiger partial charge in [0.1, 0.15) is 23.0 Å². The van der Waals surface area contributed by atoms with Gasteiger partial charge in [-0.1, -0.05) is 0 Å². The third-order valence-electron chi connectivity index (χ3n) is 10.7. The Morgan fingerprint density at radius 2 is 0.413 bits per heavy atom. The Labute approximate surface area is 261 Å². The second-order valence-corrected chi connectivity index (χ2v) is 13.5. The molecular formula is C34H32O12. The van der Waals surface area contributed by atoms with Crippen LogP contribution >= 0.6 is 0 Å². The van der Waals surface area contributed by atoms with Gasteiger partial charge in [0.05, 0.1) is 0 Å². The van der Waals surface area contributed by atoms with E-state index in [0.717, 1.165) is 24.3 Å². The Hall–Kier alpha value is -5.52. The predicted octanol–water partition coefficient (Wildman–Crippen LogP) is 4.59. The van der Waals surface area contributed by atoms with Crippen molar-refractivity contribution < 1.29 is 61.3 Å². The molecule has 0 heterocycles. The Kier molecular flexibility index (Phi) is 5.73. The molecule has 4 aromatic rings. The molecule has 12 N–H and O–H groups in total. The van der Waals surface area contributed by atoms with Gasteiger partial charge in [-0.15, -0.1) is 0 Å². The molecule has 0 radical (unpaired) electrons. The van der Waals surface area contributed by atoms with Gasteiger partial charge < -0.3 is 61.3 Å². The number of benzene rings is 4. The molecule has 46 heavy (non-hydrogen) atoms. The van der Waals surface area contributed by atoms with Crippen LogP contribution in [0.1, 0.15) is 60.8 Å². The molecule has 0 saturated heterocycles. The van der Waals surface area contributed by atoms with Gasteiger partial charge in [0, 0.05) is 43.9 Å². The summed E-state index contributed by atoms with van der Waals surface area (Å²) in [5, 5.41) is 133. The molecule has 4 saturated carbocycles. The Morgan fingerprint density at radius 1 is 0.261 bits per heavy atom. The van der Waals surface area contributed by atoms with Crippen LogP contribution in [0.4, 0.5) is 0 Å². The van der Waals surface area contributed by atoms with E-state index < -0.39 is 90.7 Å². The number of aromatic hydroxyl groups is 12. The van der Waals surface area contributed by atoms with Crippen LogP contribution < -0.4 is 0 Å². The zero-order valence-electron chi connectivity index (χ0n) is 24.2. The maximum atomic E-state index is 11.3. The van der Waals surface area contributed by atoms with Crippen molar-refractivity contribution in [2.75, 3.05) is 0 Å². The molecule has 4 aromatic carbocycles. The fraction of sp³-hybridized carbons (Fsp3) is 0.294. The van der Waals surface area contributed by atoms with Crippen molar-refractivity contribution in [1.82, 2.24) is 0 Å². The molecular weight excluding hydrogens is 600 g/mol. The minimum Gasteiger partial charge on any atom is -0.508 e. The summed E-state index contributed by atoms with van der Waals surface area (Å²) in [5.74, 6) is -6.76. The van der Waals surface area contributed by atoms with Crippen molar-refractivity contribution in [2.24, 2.45) is 0 Å². The third kappa shape index (κ3) is 3.60. The van der Waals surface area contributed by atoms with Gasteiger partial charge in [-0.25, -0.2) is 0 Å². The highest BCUT2D eigenvalue weighted by atomic mass is 16.3. The van der Waals surface area contributed by atoms with Gasteiger partial charge >= 0.3 is 0 Å². The van der Waals surface area contributed by atoms with Gasteiger partial charge in [-0.2, -0.15) is 0 Å². The van der Waals surface area contributed by atoms with Gasteiger partial charge in [-0.05, 0) is 87.1 Å². The van der Waals surface area contributed by atoms with Crippen LogP contribution in [0.3, 0.4) is 0 Å². The van der Waals surface area contributed by atoms with Crippen molar-refractivity contribution in [3.05, 3.63) is 70.8 Å². The van der Waals surface area contributed by atoms with Crippen LogP contribution in [0.5, 0.6) is 69.0 Å². The van der Waals surface area contributed by atoms with Crippen molar-refractivity contribution >= 4 is 0 Å². The molecule has 0 atom stereocenters. The van der Waals surface area contributed by atoms with Crippen LogP contribution in [0.15, 0.2) is 48.5 Å². The van der Waals surface area contributed by atoms with E-state index in [9.17, 15) is 61.3 Å². The molecule has 240 valence electrons. The normalized spacial score (nSPS) is 28.0. The van der Waals surface area contributed by atoms with E-state index in [4.69, 9.17) is 0 Å². The zero-order valence-corrected chi connectivity index (χ0v) is 24.2.